The van der Waals surface area contributed by atoms with E-state index in [1.165, 1.54) is 5.69 Å². The summed E-state index contributed by atoms with van der Waals surface area (Å²) in [6.07, 6.45) is 0.877. The first-order valence-electron chi connectivity index (χ1n) is 7.40. The van der Waals surface area contributed by atoms with Crippen molar-refractivity contribution in [2.45, 2.75) is 20.3 Å². The van der Waals surface area contributed by atoms with E-state index in [-0.39, 0.29) is 6.03 Å². The third-order valence-electron chi connectivity index (χ3n) is 3.52. The van der Waals surface area contributed by atoms with Crippen LogP contribution in [0, 0.1) is 13.8 Å². The number of nitrogens with one attached hydrogen (secondary N) is 3. The van der Waals surface area contributed by atoms with Crippen molar-refractivity contribution >= 4 is 17.4 Å². The Morgan fingerprint density at radius 1 is 1.27 bits per heavy atom. The van der Waals surface area contributed by atoms with E-state index in [2.05, 4.69) is 37.9 Å². The van der Waals surface area contributed by atoms with Gasteiger partial charge in [-0.1, -0.05) is 18.2 Å². The minimum absolute atomic E-state index is 0.199. The Hall–Kier alpha value is -2.50. The van der Waals surface area contributed by atoms with Gasteiger partial charge in [-0.2, -0.15) is 5.10 Å². The molecule has 0 unspecified atom stereocenters. The average molecular weight is 301 g/mol. The normalized spacial score (nSPS) is 10.3. The molecule has 2 amide bonds. The van der Waals surface area contributed by atoms with Gasteiger partial charge < -0.3 is 15.5 Å². The first-order valence-corrected chi connectivity index (χ1v) is 7.40. The molecule has 1 heterocycles. The number of benzene rings is 1. The fourth-order valence-corrected chi connectivity index (χ4v) is 2.22. The number of amides is 2. The number of H-pyrrole nitrogens is 1. The molecule has 1 aromatic carbocycles. The minimum atomic E-state index is -0.199. The van der Waals surface area contributed by atoms with Gasteiger partial charge in [0, 0.05) is 25.8 Å². The van der Waals surface area contributed by atoms with E-state index in [4.69, 9.17) is 0 Å². The number of hydrogen-bond acceptors (Lipinski definition) is 3. The number of para-hydroxylation sites is 1. The highest BCUT2D eigenvalue weighted by Gasteiger charge is 2.09. The van der Waals surface area contributed by atoms with Crippen LogP contribution in [-0.4, -0.2) is 36.4 Å². The predicted molar refractivity (Wildman–Crippen MR) is 89.4 cm³/mol. The van der Waals surface area contributed by atoms with Crippen molar-refractivity contribution in [1.82, 2.24) is 15.5 Å². The summed E-state index contributed by atoms with van der Waals surface area (Å²) in [7, 11) is 2.05. The Balaban J connectivity index is 1.69. The average Bonchev–Trinajstić information content (AvgIpc) is 2.84. The van der Waals surface area contributed by atoms with Crippen LogP contribution >= 0.6 is 0 Å². The lowest BCUT2D eigenvalue weighted by atomic mass is 10.3. The van der Waals surface area contributed by atoms with Crippen molar-refractivity contribution < 1.29 is 4.79 Å². The predicted octanol–water partition coefficient (Wildman–Crippen LogP) is 2.67. The zero-order chi connectivity index (χ0) is 15.9. The molecule has 0 radical (unpaired) electrons. The van der Waals surface area contributed by atoms with Crippen LogP contribution in [0.1, 0.15) is 17.8 Å². The number of urea groups is 1. The maximum Gasteiger partial charge on any atom is 0.319 e. The van der Waals surface area contributed by atoms with Gasteiger partial charge in [0.15, 0.2) is 0 Å². The van der Waals surface area contributed by atoms with Gasteiger partial charge in [0.25, 0.3) is 0 Å². The maximum absolute atomic E-state index is 11.9. The summed E-state index contributed by atoms with van der Waals surface area (Å²) < 4.78 is 0. The number of rotatable bonds is 6. The van der Waals surface area contributed by atoms with Crippen LogP contribution in [0.4, 0.5) is 16.2 Å². The van der Waals surface area contributed by atoms with Gasteiger partial charge in [-0.05, 0) is 32.4 Å². The zero-order valence-corrected chi connectivity index (χ0v) is 13.3. The van der Waals surface area contributed by atoms with E-state index < -0.39 is 0 Å². The summed E-state index contributed by atoms with van der Waals surface area (Å²) in [5.74, 6) is 0. The summed E-state index contributed by atoms with van der Waals surface area (Å²) in [5, 5.41) is 12.6. The molecule has 3 N–H and O–H groups in total. The molecule has 0 saturated heterocycles. The van der Waals surface area contributed by atoms with Crippen molar-refractivity contribution in [1.29, 1.82) is 0 Å². The summed E-state index contributed by atoms with van der Waals surface area (Å²) in [5.41, 5.74) is 3.57. The summed E-state index contributed by atoms with van der Waals surface area (Å²) in [4.78, 5) is 14.0. The van der Waals surface area contributed by atoms with Gasteiger partial charge in [-0.3, -0.25) is 5.10 Å². The third kappa shape index (κ3) is 4.25. The first-order chi connectivity index (χ1) is 10.6. The number of aromatic nitrogens is 2. The van der Waals surface area contributed by atoms with Crippen LogP contribution < -0.4 is 15.5 Å². The molecule has 6 nitrogen and oxygen atoms in total. The highest BCUT2D eigenvalue weighted by molar-refractivity contribution is 5.90. The molecule has 1 aromatic heterocycles. The van der Waals surface area contributed by atoms with Crippen molar-refractivity contribution in [3.8, 4) is 0 Å². The van der Waals surface area contributed by atoms with E-state index in [9.17, 15) is 4.79 Å². The second-order valence-electron chi connectivity index (χ2n) is 5.30. The van der Waals surface area contributed by atoms with Gasteiger partial charge in [0.1, 0.15) is 0 Å². The number of carbonyl (C=O) groups is 1. The smallest absolute Gasteiger partial charge is 0.319 e. The van der Waals surface area contributed by atoms with Gasteiger partial charge in [0.05, 0.1) is 17.1 Å². The van der Waals surface area contributed by atoms with Crippen LogP contribution in [0.5, 0.6) is 0 Å². The number of carbonyl (C=O) groups excluding carboxylic acids is 1. The van der Waals surface area contributed by atoms with Crippen LogP contribution in [0.3, 0.4) is 0 Å². The minimum Gasteiger partial charge on any atom is -0.375 e. The molecular formula is C16H23N5O. The van der Waals surface area contributed by atoms with Crippen molar-refractivity contribution in [2.24, 2.45) is 0 Å². The lowest BCUT2D eigenvalue weighted by Crippen LogP contribution is -2.32. The van der Waals surface area contributed by atoms with Crippen LogP contribution in [0.2, 0.25) is 0 Å². The van der Waals surface area contributed by atoms with E-state index in [1.54, 1.807) is 0 Å². The SMILES string of the molecule is Cc1n[nH]c(C)c1NC(=O)NCCCN(C)c1ccccc1. The molecule has 0 aliphatic heterocycles. The zero-order valence-electron chi connectivity index (χ0n) is 13.3. The Morgan fingerprint density at radius 3 is 2.64 bits per heavy atom. The number of anilines is 2. The Labute approximate surface area is 130 Å². The molecule has 0 aliphatic rings. The highest BCUT2D eigenvalue weighted by atomic mass is 16.2. The molecule has 6 heteroatoms. The number of aryl methyl sites for hydroxylation is 2. The van der Waals surface area contributed by atoms with E-state index in [1.807, 2.05) is 39.1 Å². The quantitative estimate of drug-likeness (QED) is 0.718. The Morgan fingerprint density at radius 2 is 2.00 bits per heavy atom. The lowest BCUT2D eigenvalue weighted by Gasteiger charge is -2.19. The van der Waals surface area contributed by atoms with Crippen molar-refractivity contribution in [3.63, 3.8) is 0 Å². The fourth-order valence-electron chi connectivity index (χ4n) is 2.22. The molecule has 0 atom stereocenters. The standard InChI is InChI=1S/C16H23N5O/c1-12-15(13(2)20-19-12)18-16(22)17-10-7-11-21(3)14-8-5-4-6-9-14/h4-6,8-9H,7,10-11H2,1-3H3,(H,19,20)(H2,17,18,22). The van der Waals surface area contributed by atoms with Crippen molar-refractivity contribution in [2.75, 3.05) is 30.4 Å². The second-order valence-corrected chi connectivity index (χ2v) is 5.30. The fraction of sp³-hybridized carbons (Fsp3) is 0.375. The van der Waals surface area contributed by atoms with Gasteiger partial charge in [-0.25, -0.2) is 4.79 Å². The van der Waals surface area contributed by atoms with Gasteiger partial charge in [-0.15, -0.1) is 0 Å². The largest absolute Gasteiger partial charge is 0.375 e. The van der Waals surface area contributed by atoms with Gasteiger partial charge in [0.2, 0.25) is 0 Å². The first kappa shape index (κ1) is 15.9. The molecule has 0 aliphatic carbocycles. The molecular weight excluding hydrogens is 278 g/mol. The molecule has 0 spiro atoms. The summed E-state index contributed by atoms with van der Waals surface area (Å²) in [6.45, 7) is 5.24. The van der Waals surface area contributed by atoms with E-state index in [0.717, 1.165) is 30.0 Å². The van der Waals surface area contributed by atoms with Crippen molar-refractivity contribution in [3.05, 3.63) is 41.7 Å². The highest BCUT2D eigenvalue weighted by Crippen LogP contribution is 2.15. The van der Waals surface area contributed by atoms with E-state index >= 15 is 0 Å². The monoisotopic (exact) mass is 301 g/mol. The lowest BCUT2D eigenvalue weighted by molar-refractivity contribution is 0.252. The molecule has 0 fully saturated rings. The Kier molecular flexibility index (Phi) is 5.41. The van der Waals surface area contributed by atoms with Crippen LogP contribution in [0.15, 0.2) is 30.3 Å². The number of nitrogens with zero attached hydrogens (tertiary/aromatic N) is 2. The summed E-state index contributed by atoms with van der Waals surface area (Å²) in [6, 6.07) is 9.99. The molecule has 118 valence electrons. The molecule has 2 rings (SSSR count). The molecule has 22 heavy (non-hydrogen) atoms. The third-order valence-corrected chi connectivity index (χ3v) is 3.52. The van der Waals surface area contributed by atoms with Crippen LogP contribution in [0.25, 0.3) is 0 Å². The van der Waals surface area contributed by atoms with Crippen LogP contribution in [-0.2, 0) is 0 Å². The Bertz CT molecular complexity index is 589. The molecule has 0 saturated carbocycles. The van der Waals surface area contributed by atoms with Gasteiger partial charge >= 0.3 is 6.03 Å². The molecule has 0 bridgehead atoms. The van der Waals surface area contributed by atoms with E-state index in [0.29, 0.717) is 6.54 Å². The summed E-state index contributed by atoms with van der Waals surface area (Å²) >= 11 is 0. The maximum atomic E-state index is 11.9. The number of hydrogen-bond donors (Lipinski definition) is 3. The molecule has 2 aromatic rings. The number of aromatic amines is 1. The second kappa shape index (κ2) is 7.49. The topological polar surface area (TPSA) is 73.0 Å².